The Kier molecular flexibility index (Phi) is 12.2. The van der Waals surface area contributed by atoms with Crippen molar-refractivity contribution in [2.45, 2.75) is 63.7 Å². The van der Waals surface area contributed by atoms with Crippen molar-refractivity contribution in [2.75, 3.05) is 27.3 Å². The van der Waals surface area contributed by atoms with Gasteiger partial charge in [0, 0.05) is 18.7 Å². The fourth-order valence-electron chi connectivity index (χ4n) is 6.94. The fraction of sp³-hybridized carbons (Fsp3) is 0.366. The Morgan fingerprint density at radius 1 is 0.764 bits per heavy atom. The Balaban J connectivity index is 1.08. The maximum absolute atomic E-state index is 13.7. The van der Waals surface area contributed by atoms with Gasteiger partial charge in [-0.05, 0) is 72.6 Å². The Morgan fingerprint density at radius 3 is 2.02 bits per heavy atom. The first kappa shape index (κ1) is 38.2. The highest BCUT2D eigenvalue weighted by Gasteiger charge is 2.38. The van der Waals surface area contributed by atoms with Crippen LogP contribution in [0.4, 0.5) is 9.59 Å². The van der Waals surface area contributed by atoms with Crippen LogP contribution in [0.3, 0.4) is 0 Å². The van der Waals surface area contributed by atoms with Crippen LogP contribution in [0.5, 0.6) is 0 Å². The number of nitrogens with zero attached hydrogens (tertiary/aromatic N) is 4. The highest BCUT2D eigenvalue weighted by atomic mass is 16.5. The molecular formula is C41H44N8O6. The minimum Gasteiger partial charge on any atom is -0.453 e. The zero-order valence-electron chi connectivity index (χ0n) is 31.2. The molecule has 0 spiro atoms. The number of amides is 4. The molecule has 0 bridgehead atoms. The number of carbonyl (C=O) groups excluding carboxylic acids is 4. The molecule has 2 fully saturated rings. The summed E-state index contributed by atoms with van der Waals surface area (Å²) in [6.07, 6.45) is 5.17. The maximum atomic E-state index is 13.7. The van der Waals surface area contributed by atoms with E-state index in [4.69, 9.17) is 9.47 Å². The van der Waals surface area contributed by atoms with Crippen molar-refractivity contribution >= 4 is 24.0 Å². The van der Waals surface area contributed by atoms with Crippen LogP contribution in [-0.4, -0.2) is 87.1 Å². The molecule has 4 atom stereocenters. The van der Waals surface area contributed by atoms with Gasteiger partial charge in [-0.15, -0.1) is 0 Å². The molecular weight excluding hydrogens is 701 g/mol. The first-order chi connectivity index (χ1) is 26.7. The third kappa shape index (κ3) is 8.99. The zero-order valence-corrected chi connectivity index (χ0v) is 31.2. The lowest BCUT2D eigenvalue weighted by molar-refractivity contribution is -0.135. The van der Waals surface area contributed by atoms with Crippen LogP contribution in [0.2, 0.25) is 0 Å². The average molecular weight is 745 g/mol. The highest BCUT2D eigenvalue weighted by molar-refractivity contribution is 5.88. The largest absolute Gasteiger partial charge is 0.453 e. The molecule has 2 aliphatic rings. The predicted octanol–water partition coefficient (Wildman–Crippen LogP) is 5.01. The molecule has 2 aromatic heterocycles. The van der Waals surface area contributed by atoms with E-state index >= 15 is 0 Å². The minimum atomic E-state index is -0.897. The van der Waals surface area contributed by atoms with E-state index in [2.05, 4.69) is 54.3 Å². The summed E-state index contributed by atoms with van der Waals surface area (Å²) in [7, 11) is 2.54. The number of likely N-dealkylation sites (tertiary alicyclic amines) is 2. The van der Waals surface area contributed by atoms with Gasteiger partial charge in [0.15, 0.2) is 0 Å². The summed E-state index contributed by atoms with van der Waals surface area (Å²) >= 11 is 0. The van der Waals surface area contributed by atoms with Crippen molar-refractivity contribution in [2.24, 2.45) is 5.92 Å². The molecule has 4 aromatic rings. The lowest BCUT2D eigenvalue weighted by Crippen LogP contribution is -2.51. The molecule has 14 nitrogen and oxygen atoms in total. The molecule has 6 rings (SSSR count). The second-order valence-corrected chi connectivity index (χ2v) is 13.7. The van der Waals surface area contributed by atoms with Gasteiger partial charge < -0.3 is 39.9 Å². The van der Waals surface area contributed by atoms with E-state index in [9.17, 15) is 19.2 Å². The number of hydrogen-bond acceptors (Lipinski definition) is 8. The van der Waals surface area contributed by atoms with Crippen molar-refractivity contribution in [3.63, 3.8) is 0 Å². The number of carbonyl (C=O) groups is 4. The van der Waals surface area contributed by atoms with Crippen LogP contribution in [-0.2, 0) is 19.1 Å². The summed E-state index contributed by atoms with van der Waals surface area (Å²) < 4.78 is 9.52. The first-order valence-corrected chi connectivity index (χ1v) is 18.2. The number of methoxy groups -OCH3 is 2. The number of benzene rings is 2. The third-order valence-electron chi connectivity index (χ3n) is 9.78. The van der Waals surface area contributed by atoms with Crippen LogP contribution >= 0.6 is 0 Å². The van der Waals surface area contributed by atoms with Crippen LogP contribution in [0, 0.1) is 29.6 Å². The van der Waals surface area contributed by atoms with Crippen LogP contribution < -0.4 is 10.6 Å². The van der Waals surface area contributed by atoms with E-state index < -0.39 is 24.3 Å². The molecule has 2 aliphatic heterocycles. The number of rotatable bonds is 9. The quantitative estimate of drug-likeness (QED) is 0.173. The number of imidazole rings is 2. The van der Waals surface area contributed by atoms with Gasteiger partial charge in [-0.1, -0.05) is 62.2 Å². The van der Waals surface area contributed by atoms with E-state index in [-0.39, 0.29) is 29.8 Å². The minimum absolute atomic E-state index is 0.114. The fourth-order valence-corrected chi connectivity index (χ4v) is 6.94. The highest BCUT2D eigenvalue weighted by Crippen LogP contribution is 2.34. The van der Waals surface area contributed by atoms with Crippen molar-refractivity contribution in [1.82, 2.24) is 40.4 Å². The number of H-pyrrole nitrogens is 2. The van der Waals surface area contributed by atoms with Gasteiger partial charge in [0.25, 0.3) is 5.91 Å². The Labute approximate surface area is 319 Å². The summed E-state index contributed by atoms with van der Waals surface area (Å²) in [5.41, 5.74) is 3.74. The molecule has 55 heavy (non-hydrogen) atoms. The topological polar surface area (TPSA) is 175 Å². The summed E-state index contributed by atoms with van der Waals surface area (Å²) in [6, 6.07) is 14.7. The van der Waals surface area contributed by atoms with Crippen molar-refractivity contribution in [1.29, 1.82) is 0 Å². The van der Waals surface area contributed by atoms with Gasteiger partial charge in [-0.25, -0.2) is 19.6 Å². The van der Waals surface area contributed by atoms with Gasteiger partial charge in [0.2, 0.25) is 5.91 Å². The second kappa shape index (κ2) is 17.5. The van der Waals surface area contributed by atoms with Crippen LogP contribution in [0.15, 0.2) is 67.0 Å². The second-order valence-electron chi connectivity index (χ2n) is 13.7. The standard InChI is InChI=1S/C41H44N8O6/c1-26(2)34(46-40(52)54-3)38(50)48-22-11-17-33(48)37-43-25-31(45-37)28-20-18-27(19-21-28)12-8-9-15-30-24-42-36(44-30)32-16-10-23-49(32)39(51)35(47-41(53)55-4)29-13-6-5-7-14-29/h5-7,13-14,18-21,24-26,32-35H,10-11,16-17,22-23H2,1-4H3,(H,42,44)(H,43,45)(H,46,52)(H,47,53)/t32-,33-,34-,35-/m0/s1. The third-order valence-corrected chi connectivity index (χ3v) is 9.78. The Hall–Kier alpha value is -6.54. The van der Waals surface area contributed by atoms with Crippen molar-refractivity contribution in [3.8, 4) is 34.9 Å². The number of aromatic nitrogens is 4. The van der Waals surface area contributed by atoms with Crippen molar-refractivity contribution in [3.05, 3.63) is 95.5 Å². The van der Waals surface area contributed by atoms with Gasteiger partial charge in [0.05, 0.1) is 44.4 Å². The summed E-state index contributed by atoms with van der Waals surface area (Å²) in [4.78, 5) is 70.5. The summed E-state index contributed by atoms with van der Waals surface area (Å²) in [6.45, 7) is 4.88. The van der Waals surface area contributed by atoms with E-state index in [1.807, 2.05) is 56.3 Å². The van der Waals surface area contributed by atoms with Gasteiger partial charge >= 0.3 is 12.2 Å². The SMILES string of the molecule is COC(=O)N[C@H](C(=O)N1CCC[C@H]1c1ncc(C#CC#Cc2ccc(-c3cnc([C@@H]4CCCN4C(=O)[C@@H](NC(=O)OC)C(C)C)[nH]3)cc2)[nH]1)c1ccccc1. The molecule has 0 unspecified atom stereocenters. The van der Waals surface area contributed by atoms with Crippen LogP contribution in [0.1, 0.15) is 86.1 Å². The molecule has 0 radical (unpaired) electrons. The van der Waals surface area contributed by atoms with E-state index in [0.717, 1.165) is 42.5 Å². The van der Waals surface area contributed by atoms with Gasteiger partial charge in [-0.2, -0.15) is 0 Å². The zero-order chi connectivity index (χ0) is 38.9. The lowest BCUT2D eigenvalue weighted by Gasteiger charge is -2.30. The normalized spacial score (nSPS) is 17.3. The van der Waals surface area contributed by atoms with Crippen molar-refractivity contribution < 1.29 is 28.7 Å². The number of alkyl carbamates (subject to hydrolysis) is 2. The van der Waals surface area contributed by atoms with Crippen LogP contribution in [0.25, 0.3) is 11.3 Å². The Morgan fingerprint density at radius 2 is 1.36 bits per heavy atom. The Bertz CT molecular complexity index is 2120. The number of aromatic amines is 2. The monoisotopic (exact) mass is 744 g/mol. The first-order valence-electron chi connectivity index (χ1n) is 18.2. The molecule has 4 N–H and O–H groups in total. The number of hydrogen-bond donors (Lipinski definition) is 4. The van der Waals surface area contributed by atoms with E-state index in [1.54, 1.807) is 34.3 Å². The molecule has 0 aliphatic carbocycles. The van der Waals surface area contributed by atoms with E-state index in [1.165, 1.54) is 14.2 Å². The van der Waals surface area contributed by atoms with Gasteiger partial charge in [0.1, 0.15) is 29.4 Å². The number of nitrogens with one attached hydrogen (secondary N) is 4. The predicted molar refractivity (Wildman–Crippen MR) is 203 cm³/mol. The molecule has 14 heteroatoms. The molecule has 4 heterocycles. The number of ether oxygens (including phenoxy) is 2. The molecule has 0 saturated carbocycles. The van der Waals surface area contributed by atoms with Gasteiger partial charge in [-0.3, -0.25) is 9.59 Å². The lowest BCUT2D eigenvalue weighted by atomic mass is 10.0. The molecule has 284 valence electrons. The maximum Gasteiger partial charge on any atom is 0.407 e. The summed E-state index contributed by atoms with van der Waals surface area (Å²) in [5, 5.41) is 5.35. The summed E-state index contributed by atoms with van der Waals surface area (Å²) in [5.74, 6) is 12.6. The molecule has 2 saturated heterocycles. The van der Waals surface area contributed by atoms with E-state index in [0.29, 0.717) is 36.0 Å². The smallest absolute Gasteiger partial charge is 0.407 e. The average Bonchev–Trinajstić information content (AvgIpc) is 4.04. The molecule has 4 amide bonds. The molecule has 2 aromatic carbocycles.